The van der Waals surface area contributed by atoms with Crippen LogP contribution in [-0.2, 0) is 6.42 Å². The minimum absolute atomic E-state index is 0.188. The molecular formula is C17H19FN6. The Kier molecular flexibility index (Phi) is 5.47. The molecule has 0 saturated carbocycles. The van der Waals surface area contributed by atoms with Crippen LogP contribution in [-0.4, -0.2) is 39.2 Å². The smallest absolute Gasteiger partial charge is 0.236 e. The number of imidazole rings is 1. The fourth-order valence-electron chi connectivity index (χ4n) is 2.28. The molecule has 2 aromatic heterocycles. The van der Waals surface area contributed by atoms with Crippen LogP contribution >= 0.6 is 0 Å². The molecule has 7 heteroatoms. The van der Waals surface area contributed by atoms with Crippen LogP contribution in [0.4, 0.5) is 10.2 Å². The Bertz CT molecular complexity index is 759. The summed E-state index contributed by atoms with van der Waals surface area (Å²) in [6.07, 6.45) is 7.66. The third-order valence-corrected chi connectivity index (χ3v) is 3.47. The average Bonchev–Trinajstić information content (AvgIpc) is 3.13. The first-order valence-corrected chi connectivity index (χ1v) is 7.82. The molecule has 6 nitrogen and oxygen atoms in total. The maximum absolute atomic E-state index is 13.1. The monoisotopic (exact) mass is 326 g/mol. The van der Waals surface area contributed by atoms with E-state index in [-0.39, 0.29) is 5.82 Å². The number of halogens is 1. The predicted octanol–water partition coefficient (Wildman–Crippen LogP) is 2.05. The van der Waals surface area contributed by atoms with E-state index in [1.54, 1.807) is 41.6 Å². The number of aromatic nitrogens is 4. The van der Waals surface area contributed by atoms with Crippen molar-refractivity contribution < 1.29 is 4.39 Å². The molecule has 24 heavy (non-hydrogen) atoms. The molecule has 3 rings (SSSR count). The zero-order chi connectivity index (χ0) is 16.6. The SMILES string of the molecule is Fc1cccc(CCNCCNc2ccnc(-n3ccnc3)n2)c1. The largest absolute Gasteiger partial charge is 0.369 e. The predicted molar refractivity (Wildman–Crippen MR) is 90.6 cm³/mol. The number of hydrogen-bond donors (Lipinski definition) is 2. The van der Waals surface area contributed by atoms with E-state index >= 15 is 0 Å². The second-order valence-electron chi connectivity index (χ2n) is 5.27. The fraction of sp³-hybridized carbons (Fsp3) is 0.235. The van der Waals surface area contributed by atoms with Gasteiger partial charge in [0.25, 0.3) is 0 Å². The summed E-state index contributed by atoms with van der Waals surface area (Å²) in [6.45, 7) is 2.33. The first-order valence-electron chi connectivity index (χ1n) is 7.82. The highest BCUT2D eigenvalue weighted by Gasteiger charge is 2.01. The highest BCUT2D eigenvalue weighted by Crippen LogP contribution is 2.05. The van der Waals surface area contributed by atoms with E-state index in [1.165, 1.54) is 6.07 Å². The number of anilines is 1. The lowest BCUT2D eigenvalue weighted by Crippen LogP contribution is -2.24. The average molecular weight is 326 g/mol. The molecule has 1 aromatic carbocycles. The summed E-state index contributed by atoms with van der Waals surface area (Å²) >= 11 is 0. The summed E-state index contributed by atoms with van der Waals surface area (Å²) in [5.74, 6) is 1.16. The van der Waals surface area contributed by atoms with E-state index < -0.39 is 0 Å². The van der Waals surface area contributed by atoms with Gasteiger partial charge in [-0.15, -0.1) is 0 Å². The minimum atomic E-state index is -0.188. The minimum Gasteiger partial charge on any atom is -0.369 e. The van der Waals surface area contributed by atoms with Gasteiger partial charge in [0.2, 0.25) is 5.95 Å². The van der Waals surface area contributed by atoms with Crippen LogP contribution in [0, 0.1) is 5.82 Å². The Morgan fingerprint density at radius 2 is 2.04 bits per heavy atom. The number of nitrogens with zero attached hydrogens (tertiary/aromatic N) is 4. The van der Waals surface area contributed by atoms with Crippen LogP contribution in [0.5, 0.6) is 0 Å². The normalized spacial score (nSPS) is 10.7. The summed E-state index contributed by atoms with van der Waals surface area (Å²) in [5, 5.41) is 6.57. The molecular weight excluding hydrogens is 307 g/mol. The molecule has 0 aliphatic heterocycles. The highest BCUT2D eigenvalue weighted by atomic mass is 19.1. The van der Waals surface area contributed by atoms with E-state index in [9.17, 15) is 4.39 Å². The quantitative estimate of drug-likeness (QED) is 0.620. The Hall–Kier alpha value is -2.80. The van der Waals surface area contributed by atoms with Gasteiger partial charge in [-0.3, -0.25) is 4.57 Å². The molecule has 124 valence electrons. The number of hydrogen-bond acceptors (Lipinski definition) is 5. The van der Waals surface area contributed by atoms with Crippen molar-refractivity contribution in [2.45, 2.75) is 6.42 Å². The van der Waals surface area contributed by atoms with Gasteiger partial charge in [-0.2, -0.15) is 4.98 Å². The first-order chi connectivity index (χ1) is 11.8. The van der Waals surface area contributed by atoms with Crippen molar-refractivity contribution in [1.82, 2.24) is 24.8 Å². The van der Waals surface area contributed by atoms with Crippen LogP contribution in [0.3, 0.4) is 0 Å². The van der Waals surface area contributed by atoms with E-state index in [0.29, 0.717) is 5.95 Å². The standard InChI is InChI=1S/C17H19FN6/c18-15-3-1-2-14(12-15)4-6-19-8-9-21-16-5-7-22-17(23-16)24-11-10-20-13-24/h1-3,5,7,10-13,19H,4,6,8-9H2,(H,21,22,23). The zero-order valence-electron chi connectivity index (χ0n) is 13.2. The van der Waals surface area contributed by atoms with Gasteiger partial charge in [0.15, 0.2) is 0 Å². The van der Waals surface area contributed by atoms with Crippen molar-refractivity contribution in [3.05, 3.63) is 66.6 Å². The molecule has 0 fully saturated rings. The van der Waals surface area contributed by atoms with Gasteiger partial charge in [0, 0.05) is 31.7 Å². The lowest BCUT2D eigenvalue weighted by Gasteiger charge is -2.08. The molecule has 0 aliphatic carbocycles. The van der Waals surface area contributed by atoms with Gasteiger partial charge < -0.3 is 10.6 Å². The Labute approximate surface area is 139 Å². The fourth-order valence-corrected chi connectivity index (χ4v) is 2.28. The van der Waals surface area contributed by atoms with E-state index in [4.69, 9.17) is 0 Å². The Morgan fingerprint density at radius 3 is 2.88 bits per heavy atom. The summed E-state index contributed by atoms with van der Waals surface area (Å²) in [6, 6.07) is 8.52. The second-order valence-corrected chi connectivity index (χ2v) is 5.27. The molecule has 0 aliphatic rings. The highest BCUT2D eigenvalue weighted by molar-refractivity contribution is 5.35. The third kappa shape index (κ3) is 4.60. The van der Waals surface area contributed by atoms with Crippen LogP contribution < -0.4 is 10.6 Å². The van der Waals surface area contributed by atoms with E-state index in [1.807, 2.05) is 12.1 Å². The van der Waals surface area contributed by atoms with Crippen molar-refractivity contribution in [2.75, 3.05) is 25.0 Å². The molecule has 0 saturated heterocycles. The zero-order valence-corrected chi connectivity index (χ0v) is 13.2. The van der Waals surface area contributed by atoms with Crippen molar-refractivity contribution in [2.24, 2.45) is 0 Å². The summed E-state index contributed by atoms with van der Waals surface area (Å²) in [7, 11) is 0. The molecule has 0 radical (unpaired) electrons. The second kappa shape index (κ2) is 8.16. The van der Waals surface area contributed by atoms with Crippen LogP contribution in [0.1, 0.15) is 5.56 Å². The van der Waals surface area contributed by atoms with Crippen LogP contribution in [0.15, 0.2) is 55.2 Å². The van der Waals surface area contributed by atoms with Gasteiger partial charge >= 0.3 is 0 Å². The summed E-state index contributed by atoms with van der Waals surface area (Å²) in [4.78, 5) is 12.6. The van der Waals surface area contributed by atoms with Crippen molar-refractivity contribution in [1.29, 1.82) is 0 Å². The maximum Gasteiger partial charge on any atom is 0.236 e. The molecule has 0 atom stereocenters. The number of nitrogens with one attached hydrogen (secondary N) is 2. The number of rotatable bonds is 8. The summed E-state index contributed by atoms with van der Waals surface area (Å²) < 4.78 is 14.8. The first kappa shape index (κ1) is 16.1. The van der Waals surface area contributed by atoms with Gasteiger partial charge in [-0.1, -0.05) is 12.1 Å². The molecule has 2 heterocycles. The molecule has 0 bridgehead atoms. The lowest BCUT2D eigenvalue weighted by atomic mass is 10.1. The Morgan fingerprint density at radius 1 is 1.08 bits per heavy atom. The molecule has 0 amide bonds. The van der Waals surface area contributed by atoms with E-state index in [0.717, 1.165) is 37.4 Å². The van der Waals surface area contributed by atoms with Crippen molar-refractivity contribution >= 4 is 5.82 Å². The third-order valence-electron chi connectivity index (χ3n) is 3.47. The molecule has 3 aromatic rings. The van der Waals surface area contributed by atoms with Crippen LogP contribution in [0.2, 0.25) is 0 Å². The van der Waals surface area contributed by atoms with Gasteiger partial charge in [-0.05, 0) is 36.7 Å². The molecule has 0 unspecified atom stereocenters. The molecule has 0 spiro atoms. The summed E-state index contributed by atoms with van der Waals surface area (Å²) in [5.41, 5.74) is 0.997. The lowest BCUT2D eigenvalue weighted by molar-refractivity contribution is 0.623. The maximum atomic E-state index is 13.1. The van der Waals surface area contributed by atoms with Crippen molar-refractivity contribution in [3.63, 3.8) is 0 Å². The Balaban J connectivity index is 1.38. The van der Waals surface area contributed by atoms with Gasteiger partial charge in [0.05, 0.1) is 0 Å². The van der Waals surface area contributed by atoms with Crippen molar-refractivity contribution in [3.8, 4) is 5.95 Å². The topological polar surface area (TPSA) is 67.7 Å². The van der Waals surface area contributed by atoms with Gasteiger partial charge in [-0.25, -0.2) is 14.4 Å². The van der Waals surface area contributed by atoms with Crippen LogP contribution in [0.25, 0.3) is 5.95 Å². The number of benzene rings is 1. The van der Waals surface area contributed by atoms with Gasteiger partial charge in [0.1, 0.15) is 18.0 Å². The molecule has 2 N–H and O–H groups in total. The van der Waals surface area contributed by atoms with E-state index in [2.05, 4.69) is 25.6 Å².